The average Bonchev–Trinajstić information content (AvgIpc) is 2.11. The molecule has 0 radical (unpaired) electrons. The minimum absolute atomic E-state index is 0.0504. The van der Waals surface area contributed by atoms with Gasteiger partial charge >= 0.3 is 5.97 Å². The molecule has 0 heterocycles. The molecular weight excluding hydrogens is 246 g/mol. The Hall–Kier alpha value is -0.660. The maximum absolute atomic E-state index is 11.8. The molecule has 0 saturated heterocycles. The number of ether oxygens (including phenoxy) is 1. The van der Waals surface area contributed by atoms with E-state index in [0.717, 1.165) is 4.31 Å². The Morgan fingerprint density at radius 3 is 2.24 bits per heavy atom. The van der Waals surface area contributed by atoms with Crippen LogP contribution in [-0.2, 0) is 19.6 Å². The van der Waals surface area contributed by atoms with Gasteiger partial charge in [-0.2, -0.15) is 4.31 Å². The number of sulfonamides is 1. The van der Waals surface area contributed by atoms with Crippen molar-refractivity contribution in [1.82, 2.24) is 4.31 Å². The van der Waals surface area contributed by atoms with E-state index in [1.165, 1.54) is 13.8 Å². The van der Waals surface area contributed by atoms with E-state index < -0.39 is 27.3 Å². The summed E-state index contributed by atoms with van der Waals surface area (Å²) in [5, 5.41) is 9.60. The van der Waals surface area contributed by atoms with Crippen molar-refractivity contribution in [3.05, 3.63) is 0 Å². The zero-order chi connectivity index (χ0) is 13.7. The molecule has 0 bridgehead atoms. The Balaban J connectivity index is 4.71. The molecule has 0 amide bonds. The van der Waals surface area contributed by atoms with E-state index in [0.29, 0.717) is 0 Å². The zero-order valence-electron chi connectivity index (χ0n) is 10.8. The van der Waals surface area contributed by atoms with Crippen LogP contribution in [-0.4, -0.2) is 54.8 Å². The van der Waals surface area contributed by atoms with E-state index in [1.54, 1.807) is 13.8 Å². The van der Waals surface area contributed by atoms with Gasteiger partial charge in [0, 0.05) is 13.1 Å². The molecule has 0 fully saturated rings. The third-order valence-corrected chi connectivity index (χ3v) is 3.69. The summed E-state index contributed by atoms with van der Waals surface area (Å²) in [4.78, 5) is 11.2. The molecule has 6 nitrogen and oxygen atoms in total. The fourth-order valence-electron chi connectivity index (χ4n) is 1.28. The lowest BCUT2D eigenvalue weighted by Gasteiger charge is -2.26. The molecule has 1 N–H and O–H groups in total. The molecule has 0 saturated carbocycles. The molecule has 0 rings (SSSR count). The van der Waals surface area contributed by atoms with Crippen molar-refractivity contribution in [2.75, 3.05) is 25.4 Å². The van der Waals surface area contributed by atoms with Crippen LogP contribution in [0.4, 0.5) is 0 Å². The van der Waals surface area contributed by atoms with Crippen molar-refractivity contribution in [1.29, 1.82) is 0 Å². The highest BCUT2D eigenvalue weighted by Crippen LogP contribution is 2.10. The van der Waals surface area contributed by atoms with Gasteiger partial charge in [-0.25, -0.2) is 8.42 Å². The third kappa shape index (κ3) is 6.60. The van der Waals surface area contributed by atoms with Crippen LogP contribution < -0.4 is 0 Å². The highest BCUT2D eigenvalue weighted by atomic mass is 32.2. The Morgan fingerprint density at radius 2 is 1.88 bits per heavy atom. The highest BCUT2D eigenvalue weighted by molar-refractivity contribution is 7.89. The van der Waals surface area contributed by atoms with Gasteiger partial charge in [0.25, 0.3) is 0 Å². The van der Waals surface area contributed by atoms with Gasteiger partial charge < -0.3 is 9.84 Å². The Bertz CT molecular complexity index is 344. The molecule has 0 atom stereocenters. The number of aliphatic hydroxyl groups is 1. The summed E-state index contributed by atoms with van der Waals surface area (Å²) in [7, 11) is -3.73. The topological polar surface area (TPSA) is 83.9 Å². The largest absolute Gasteiger partial charge is 0.465 e. The standard InChI is InChI=1S/C10H21NO5S/c1-5-11(8-10(3,4)13)17(14,15)7-9(12)16-6-2/h13H,5-8H2,1-4H3. The number of carbonyl (C=O) groups excluding carboxylic acids is 1. The SMILES string of the molecule is CCOC(=O)CS(=O)(=O)N(CC)CC(C)(C)O. The molecule has 0 unspecified atom stereocenters. The number of hydrogen-bond acceptors (Lipinski definition) is 5. The molecule has 0 aromatic carbocycles. The molecule has 0 aliphatic heterocycles. The van der Waals surface area contributed by atoms with Crippen molar-refractivity contribution >= 4 is 16.0 Å². The van der Waals surface area contributed by atoms with E-state index in [9.17, 15) is 18.3 Å². The van der Waals surface area contributed by atoms with Gasteiger partial charge in [0.15, 0.2) is 5.75 Å². The maximum Gasteiger partial charge on any atom is 0.322 e. The molecular formula is C10H21NO5S. The van der Waals surface area contributed by atoms with Gasteiger partial charge in [0.2, 0.25) is 10.0 Å². The normalized spacial score (nSPS) is 12.8. The lowest BCUT2D eigenvalue weighted by molar-refractivity contribution is -0.140. The first-order valence-electron chi connectivity index (χ1n) is 5.48. The molecule has 0 aliphatic rings. The minimum Gasteiger partial charge on any atom is -0.465 e. The Labute approximate surface area is 103 Å². The second kappa shape index (κ2) is 6.32. The number of hydrogen-bond donors (Lipinski definition) is 1. The van der Waals surface area contributed by atoms with Crippen LogP contribution in [0.1, 0.15) is 27.7 Å². The van der Waals surface area contributed by atoms with Crippen molar-refractivity contribution < 1.29 is 23.1 Å². The van der Waals surface area contributed by atoms with E-state index in [2.05, 4.69) is 4.74 Å². The zero-order valence-corrected chi connectivity index (χ0v) is 11.6. The van der Waals surface area contributed by atoms with Crippen molar-refractivity contribution in [2.24, 2.45) is 0 Å². The van der Waals surface area contributed by atoms with Gasteiger partial charge in [0.1, 0.15) is 0 Å². The quantitative estimate of drug-likeness (QED) is 0.655. The summed E-state index contributed by atoms with van der Waals surface area (Å²) in [6.07, 6.45) is 0. The summed E-state index contributed by atoms with van der Waals surface area (Å²) in [6, 6.07) is 0. The molecule has 7 heteroatoms. The van der Waals surface area contributed by atoms with Crippen LogP contribution in [0, 0.1) is 0 Å². The summed E-state index contributed by atoms with van der Waals surface area (Å²) in [6.45, 7) is 6.57. The third-order valence-electron chi connectivity index (χ3n) is 1.91. The Kier molecular flexibility index (Phi) is 6.08. The Morgan fingerprint density at radius 1 is 1.35 bits per heavy atom. The van der Waals surface area contributed by atoms with Crippen LogP contribution in [0.3, 0.4) is 0 Å². The average molecular weight is 267 g/mol. The van der Waals surface area contributed by atoms with Crippen LogP contribution in [0.25, 0.3) is 0 Å². The smallest absolute Gasteiger partial charge is 0.322 e. The second-order valence-corrected chi connectivity index (χ2v) is 6.27. The fourth-order valence-corrected chi connectivity index (χ4v) is 2.75. The number of rotatable bonds is 7. The van der Waals surface area contributed by atoms with Gasteiger partial charge in [-0.1, -0.05) is 6.92 Å². The van der Waals surface area contributed by atoms with Crippen LogP contribution >= 0.6 is 0 Å². The number of likely N-dealkylation sites (N-methyl/N-ethyl adjacent to an activating group) is 1. The van der Waals surface area contributed by atoms with Crippen molar-refractivity contribution in [2.45, 2.75) is 33.3 Å². The van der Waals surface area contributed by atoms with Crippen LogP contribution in [0.5, 0.6) is 0 Å². The molecule has 17 heavy (non-hydrogen) atoms. The summed E-state index contributed by atoms with van der Waals surface area (Å²) in [5.41, 5.74) is -1.14. The predicted octanol–water partition coefficient (Wildman–Crippen LogP) is -0.0279. The van der Waals surface area contributed by atoms with Gasteiger partial charge in [-0.15, -0.1) is 0 Å². The number of nitrogens with zero attached hydrogens (tertiary/aromatic N) is 1. The van der Waals surface area contributed by atoms with Gasteiger partial charge in [-0.3, -0.25) is 4.79 Å². The molecule has 0 spiro atoms. The highest BCUT2D eigenvalue weighted by Gasteiger charge is 2.29. The first kappa shape index (κ1) is 16.3. The van der Waals surface area contributed by atoms with E-state index in [4.69, 9.17) is 0 Å². The number of esters is 1. The lowest BCUT2D eigenvalue weighted by Crippen LogP contribution is -2.44. The molecule has 102 valence electrons. The van der Waals surface area contributed by atoms with Crippen molar-refractivity contribution in [3.8, 4) is 0 Å². The molecule has 0 aromatic rings. The van der Waals surface area contributed by atoms with E-state index >= 15 is 0 Å². The monoisotopic (exact) mass is 267 g/mol. The van der Waals surface area contributed by atoms with E-state index in [-0.39, 0.29) is 19.7 Å². The minimum atomic E-state index is -3.73. The predicted molar refractivity (Wildman–Crippen MR) is 64.0 cm³/mol. The molecule has 0 aliphatic carbocycles. The fraction of sp³-hybridized carbons (Fsp3) is 0.900. The second-order valence-electron chi connectivity index (χ2n) is 4.30. The first-order chi connectivity index (χ1) is 7.62. The van der Waals surface area contributed by atoms with Crippen molar-refractivity contribution in [3.63, 3.8) is 0 Å². The first-order valence-corrected chi connectivity index (χ1v) is 7.09. The lowest BCUT2D eigenvalue weighted by atomic mass is 10.1. The van der Waals surface area contributed by atoms with Crippen LogP contribution in [0.2, 0.25) is 0 Å². The maximum atomic E-state index is 11.8. The van der Waals surface area contributed by atoms with E-state index in [1.807, 2.05) is 0 Å². The van der Waals surface area contributed by atoms with Crippen LogP contribution in [0.15, 0.2) is 0 Å². The molecule has 0 aromatic heterocycles. The summed E-state index contributed by atoms with van der Waals surface area (Å²) < 4.78 is 29.3. The van der Waals surface area contributed by atoms with Gasteiger partial charge in [-0.05, 0) is 20.8 Å². The number of carbonyl (C=O) groups is 1. The summed E-state index contributed by atoms with van der Waals surface area (Å²) >= 11 is 0. The summed E-state index contributed by atoms with van der Waals surface area (Å²) in [5.74, 6) is -1.47. The van der Waals surface area contributed by atoms with Gasteiger partial charge in [0.05, 0.1) is 12.2 Å².